The summed E-state index contributed by atoms with van der Waals surface area (Å²) < 4.78 is 14.0. The van der Waals surface area contributed by atoms with Gasteiger partial charge < -0.3 is 15.3 Å². The van der Waals surface area contributed by atoms with Crippen molar-refractivity contribution in [1.82, 2.24) is 10.3 Å². The van der Waals surface area contributed by atoms with Gasteiger partial charge in [-0.05, 0) is 50.6 Å². The number of halogens is 1. The zero-order chi connectivity index (χ0) is 20.0. The smallest absolute Gasteiger partial charge is 0.270 e. The van der Waals surface area contributed by atoms with E-state index < -0.39 is 5.54 Å². The van der Waals surface area contributed by atoms with Crippen molar-refractivity contribution in [2.45, 2.75) is 45.6 Å². The summed E-state index contributed by atoms with van der Waals surface area (Å²) in [6.07, 6.45) is 0. The average molecular weight is 371 g/mol. The molecule has 0 spiro atoms. The molecule has 0 fully saturated rings. The quantitative estimate of drug-likeness (QED) is 0.864. The van der Waals surface area contributed by atoms with Gasteiger partial charge in [0, 0.05) is 17.6 Å². The molecule has 144 valence electrons. The third-order valence-corrected chi connectivity index (χ3v) is 4.91. The molecule has 27 heavy (non-hydrogen) atoms. The van der Waals surface area contributed by atoms with Gasteiger partial charge in [0.05, 0.1) is 23.5 Å². The highest BCUT2D eigenvalue weighted by molar-refractivity contribution is 5.93. The molecule has 0 aliphatic carbocycles. The molecule has 1 aromatic carbocycles. The maximum Gasteiger partial charge on any atom is 0.270 e. The van der Waals surface area contributed by atoms with E-state index in [1.807, 2.05) is 17.0 Å². The Hall–Kier alpha value is -2.47. The summed E-state index contributed by atoms with van der Waals surface area (Å²) in [5.74, 6) is -0.568. The number of hydrogen-bond acceptors (Lipinski definition) is 4. The molecular formula is C21H26FN3O2. The molecule has 0 radical (unpaired) electrons. The number of aliphatic hydroxyl groups is 1. The number of aliphatic hydroxyl groups excluding tert-OH is 1. The lowest BCUT2D eigenvalue weighted by Crippen LogP contribution is -2.46. The van der Waals surface area contributed by atoms with Crippen LogP contribution in [0.1, 0.15) is 49.4 Å². The first-order valence-corrected chi connectivity index (χ1v) is 9.03. The summed E-state index contributed by atoms with van der Waals surface area (Å²) in [5, 5.41) is 12.1. The van der Waals surface area contributed by atoms with Crippen molar-refractivity contribution in [3.8, 4) is 0 Å². The minimum atomic E-state index is -0.723. The van der Waals surface area contributed by atoms with Crippen LogP contribution >= 0.6 is 0 Å². The van der Waals surface area contributed by atoms with Gasteiger partial charge in [-0.2, -0.15) is 0 Å². The van der Waals surface area contributed by atoms with Crippen molar-refractivity contribution >= 4 is 17.3 Å². The van der Waals surface area contributed by atoms with Crippen LogP contribution < -0.4 is 10.2 Å². The van der Waals surface area contributed by atoms with Crippen LogP contribution in [0.15, 0.2) is 30.3 Å². The Morgan fingerprint density at radius 2 is 2.04 bits per heavy atom. The fourth-order valence-electron chi connectivity index (χ4n) is 3.24. The Morgan fingerprint density at radius 3 is 2.67 bits per heavy atom. The van der Waals surface area contributed by atoms with Crippen LogP contribution in [0.5, 0.6) is 0 Å². The van der Waals surface area contributed by atoms with E-state index in [0.29, 0.717) is 17.8 Å². The van der Waals surface area contributed by atoms with Gasteiger partial charge in [0.15, 0.2) is 0 Å². The van der Waals surface area contributed by atoms with E-state index in [-0.39, 0.29) is 23.7 Å². The van der Waals surface area contributed by atoms with Crippen LogP contribution in [0.2, 0.25) is 0 Å². The molecular weight excluding hydrogens is 345 g/mol. The van der Waals surface area contributed by atoms with Gasteiger partial charge >= 0.3 is 0 Å². The summed E-state index contributed by atoms with van der Waals surface area (Å²) in [6.45, 7) is 9.82. The fourth-order valence-corrected chi connectivity index (χ4v) is 3.24. The van der Waals surface area contributed by atoms with Crippen molar-refractivity contribution in [3.05, 3.63) is 53.1 Å². The molecule has 1 aliphatic heterocycles. The third-order valence-electron chi connectivity index (χ3n) is 4.91. The number of pyridine rings is 1. The number of amides is 1. The highest BCUT2D eigenvalue weighted by Crippen LogP contribution is 2.43. The highest BCUT2D eigenvalue weighted by Gasteiger charge is 2.38. The number of nitrogens with one attached hydrogen (secondary N) is 1. The van der Waals surface area contributed by atoms with Crippen molar-refractivity contribution in [2.75, 3.05) is 18.1 Å². The fraction of sp³-hybridized carbons (Fsp3) is 0.429. The van der Waals surface area contributed by atoms with Crippen molar-refractivity contribution in [3.63, 3.8) is 0 Å². The lowest BCUT2D eigenvalue weighted by molar-refractivity contribution is 0.0864. The van der Waals surface area contributed by atoms with Crippen molar-refractivity contribution in [1.29, 1.82) is 0 Å². The lowest BCUT2D eigenvalue weighted by atomic mass is 9.91. The van der Waals surface area contributed by atoms with Gasteiger partial charge in [-0.1, -0.05) is 19.9 Å². The second kappa shape index (κ2) is 6.60. The molecule has 6 heteroatoms. The van der Waals surface area contributed by atoms with Crippen LogP contribution in [0.3, 0.4) is 0 Å². The molecule has 1 aromatic heterocycles. The number of aryl methyl sites for hydroxylation is 1. The van der Waals surface area contributed by atoms with Crippen LogP contribution in [0, 0.1) is 12.7 Å². The van der Waals surface area contributed by atoms with Gasteiger partial charge in [-0.15, -0.1) is 0 Å². The topological polar surface area (TPSA) is 65.5 Å². The van der Waals surface area contributed by atoms with Gasteiger partial charge in [-0.25, -0.2) is 9.37 Å². The second-order valence-corrected chi connectivity index (χ2v) is 8.46. The number of hydrogen-bond donors (Lipinski definition) is 2. The first-order chi connectivity index (χ1) is 12.5. The standard InChI is InChI=1S/C21H26FN3O2/c1-13-6-7-14(10-15(13)22)25-11-20(2,3)18-17(25)9-8-16(23-18)19(27)24-21(4,5)12-26/h6-10,26H,11-12H2,1-5H3,(H,24,27). The number of fused-ring (bicyclic) bond motifs is 1. The number of aromatic nitrogens is 1. The number of carbonyl (C=O) groups excluding carboxylic acids is 1. The molecule has 0 saturated carbocycles. The number of benzene rings is 1. The lowest BCUT2D eigenvalue weighted by Gasteiger charge is -2.23. The van der Waals surface area contributed by atoms with E-state index in [1.54, 1.807) is 32.9 Å². The summed E-state index contributed by atoms with van der Waals surface area (Å²) in [4.78, 5) is 19.2. The van der Waals surface area contributed by atoms with Crippen LogP contribution in [-0.4, -0.2) is 34.7 Å². The summed E-state index contributed by atoms with van der Waals surface area (Å²) in [6, 6.07) is 8.72. The molecule has 0 atom stereocenters. The molecule has 5 nitrogen and oxygen atoms in total. The van der Waals surface area contributed by atoms with Gasteiger partial charge in [0.2, 0.25) is 0 Å². The number of rotatable bonds is 4. The SMILES string of the molecule is Cc1ccc(N2CC(C)(C)c3nc(C(=O)NC(C)(C)CO)ccc32)cc1F. The Balaban J connectivity index is 1.97. The van der Waals surface area contributed by atoms with Crippen LogP contribution in [0.4, 0.5) is 15.8 Å². The maximum atomic E-state index is 14.0. The zero-order valence-corrected chi connectivity index (χ0v) is 16.4. The predicted octanol–water partition coefficient (Wildman–Crippen LogP) is 3.46. The van der Waals surface area contributed by atoms with E-state index in [2.05, 4.69) is 24.1 Å². The molecule has 0 saturated heterocycles. The Bertz CT molecular complexity index is 893. The van der Waals surface area contributed by atoms with E-state index in [1.165, 1.54) is 6.07 Å². The molecule has 0 bridgehead atoms. The molecule has 2 N–H and O–H groups in total. The van der Waals surface area contributed by atoms with E-state index >= 15 is 0 Å². The van der Waals surface area contributed by atoms with Crippen molar-refractivity contribution < 1.29 is 14.3 Å². The zero-order valence-electron chi connectivity index (χ0n) is 16.4. The first kappa shape index (κ1) is 19.3. The van der Waals surface area contributed by atoms with E-state index in [9.17, 15) is 14.3 Å². The van der Waals surface area contributed by atoms with Gasteiger partial charge in [0.1, 0.15) is 11.5 Å². The summed E-state index contributed by atoms with van der Waals surface area (Å²) in [7, 11) is 0. The van der Waals surface area contributed by atoms with Gasteiger partial charge in [-0.3, -0.25) is 4.79 Å². The van der Waals surface area contributed by atoms with Crippen molar-refractivity contribution in [2.24, 2.45) is 0 Å². The Kier molecular flexibility index (Phi) is 4.72. The number of nitrogens with zero attached hydrogens (tertiary/aromatic N) is 2. The number of anilines is 2. The summed E-state index contributed by atoms with van der Waals surface area (Å²) in [5.41, 5.74) is 2.34. The Morgan fingerprint density at radius 1 is 1.33 bits per heavy atom. The molecule has 1 amide bonds. The molecule has 2 heterocycles. The highest BCUT2D eigenvalue weighted by atomic mass is 19.1. The monoisotopic (exact) mass is 371 g/mol. The Labute approximate surface area is 159 Å². The predicted molar refractivity (Wildman–Crippen MR) is 104 cm³/mol. The second-order valence-electron chi connectivity index (χ2n) is 8.46. The largest absolute Gasteiger partial charge is 0.394 e. The molecule has 0 unspecified atom stereocenters. The normalized spacial score (nSPS) is 15.6. The van der Waals surface area contributed by atoms with E-state index in [0.717, 1.165) is 17.1 Å². The minimum absolute atomic E-state index is 0.165. The third kappa shape index (κ3) is 3.67. The maximum absolute atomic E-state index is 14.0. The van der Waals surface area contributed by atoms with E-state index in [4.69, 9.17) is 0 Å². The first-order valence-electron chi connectivity index (χ1n) is 9.03. The number of carbonyl (C=O) groups is 1. The molecule has 2 aromatic rings. The van der Waals surface area contributed by atoms with Gasteiger partial charge in [0.25, 0.3) is 5.91 Å². The molecule has 1 aliphatic rings. The minimum Gasteiger partial charge on any atom is -0.394 e. The average Bonchev–Trinajstić information content (AvgIpc) is 2.88. The summed E-state index contributed by atoms with van der Waals surface area (Å²) >= 11 is 0. The van der Waals surface area contributed by atoms with Crippen LogP contribution in [0.25, 0.3) is 0 Å². The van der Waals surface area contributed by atoms with Crippen LogP contribution in [-0.2, 0) is 5.41 Å². The molecule has 3 rings (SSSR count).